The normalized spacial score (nSPS) is 19.6. The van der Waals surface area contributed by atoms with Gasteiger partial charge >= 0.3 is 0 Å². The summed E-state index contributed by atoms with van der Waals surface area (Å²) < 4.78 is 1.18. The minimum absolute atomic E-state index is 0.123. The molecule has 0 unspecified atom stereocenters. The third kappa shape index (κ3) is 1.24. The minimum Gasteiger partial charge on any atom is -0.395 e. The van der Waals surface area contributed by atoms with Crippen LogP contribution >= 0.6 is 27.3 Å². The van der Waals surface area contributed by atoms with E-state index in [0.29, 0.717) is 6.61 Å². The Balaban J connectivity index is 2.39. The lowest BCUT2D eigenvalue weighted by Gasteiger charge is -2.08. The molecule has 1 fully saturated rings. The molecule has 0 spiro atoms. The van der Waals surface area contributed by atoms with Gasteiger partial charge in [0.05, 0.1) is 6.61 Å². The van der Waals surface area contributed by atoms with E-state index in [1.165, 1.54) is 14.2 Å². The second-order valence-electron chi connectivity index (χ2n) is 3.47. The van der Waals surface area contributed by atoms with Crippen LogP contribution in [-0.4, -0.2) is 11.7 Å². The maximum absolute atomic E-state index is 9.23. The van der Waals surface area contributed by atoms with Crippen molar-refractivity contribution in [2.24, 2.45) is 0 Å². The molecule has 66 valence electrons. The van der Waals surface area contributed by atoms with Crippen LogP contribution in [0.1, 0.15) is 22.6 Å². The van der Waals surface area contributed by atoms with Crippen molar-refractivity contribution in [1.82, 2.24) is 0 Å². The average molecular weight is 247 g/mol. The summed E-state index contributed by atoms with van der Waals surface area (Å²) >= 11 is 5.33. The molecule has 0 aliphatic heterocycles. The molecule has 1 aliphatic carbocycles. The van der Waals surface area contributed by atoms with Gasteiger partial charge in [0.25, 0.3) is 0 Å². The molecule has 0 saturated heterocycles. The fourth-order valence-electron chi connectivity index (χ4n) is 1.45. The van der Waals surface area contributed by atoms with Crippen molar-refractivity contribution in [2.75, 3.05) is 6.61 Å². The monoisotopic (exact) mass is 246 g/mol. The van der Waals surface area contributed by atoms with Gasteiger partial charge < -0.3 is 5.11 Å². The summed E-state index contributed by atoms with van der Waals surface area (Å²) in [6.07, 6.45) is 2.28. The van der Waals surface area contributed by atoms with Crippen LogP contribution < -0.4 is 0 Å². The van der Waals surface area contributed by atoms with Gasteiger partial charge in [-0.05, 0) is 41.8 Å². The fraction of sp³-hybridized carbons (Fsp3) is 0.556. The SMILES string of the molecule is Cc1cc(Br)c(C2(CO)CC2)s1. The van der Waals surface area contributed by atoms with E-state index in [-0.39, 0.29) is 5.41 Å². The van der Waals surface area contributed by atoms with Gasteiger partial charge in [-0.2, -0.15) is 0 Å². The van der Waals surface area contributed by atoms with Crippen LogP contribution in [0.5, 0.6) is 0 Å². The predicted molar refractivity (Wildman–Crippen MR) is 54.8 cm³/mol. The second kappa shape index (κ2) is 2.82. The summed E-state index contributed by atoms with van der Waals surface area (Å²) in [5.74, 6) is 0. The van der Waals surface area contributed by atoms with Gasteiger partial charge in [0, 0.05) is 19.6 Å². The van der Waals surface area contributed by atoms with Crippen LogP contribution in [0.3, 0.4) is 0 Å². The number of halogens is 1. The highest BCUT2D eigenvalue weighted by Crippen LogP contribution is 2.52. The Morgan fingerprint density at radius 1 is 1.67 bits per heavy atom. The van der Waals surface area contributed by atoms with Gasteiger partial charge in [0.15, 0.2) is 0 Å². The molecule has 0 aromatic carbocycles. The highest BCUT2D eigenvalue weighted by atomic mass is 79.9. The van der Waals surface area contributed by atoms with Crippen LogP contribution in [0.25, 0.3) is 0 Å². The molecule has 1 aromatic heterocycles. The molecule has 3 heteroatoms. The van der Waals surface area contributed by atoms with Crippen molar-refractivity contribution < 1.29 is 5.11 Å². The topological polar surface area (TPSA) is 20.2 Å². The molecule has 12 heavy (non-hydrogen) atoms. The summed E-state index contributed by atoms with van der Waals surface area (Å²) in [6, 6.07) is 2.13. The van der Waals surface area contributed by atoms with E-state index in [1.54, 1.807) is 11.3 Å². The number of rotatable bonds is 2. The number of aryl methyl sites for hydroxylation is 1. The molecule has 1 nitrogen and oxygen atoms in total. The zero-order valence-electron chi connectivity index (χ0n) is 6.93. The first-order valence-electron chi connectivity index (χ1n) is 4.05. The van der Waals surface area contributed by atoms with Gasteiger partial charge in [0.1, 0.15) is 0 Å². The van der Waals surface area contributed by atoms with Crippen LogP contribution in [0.4, 0.5) is 0 Å². The van der Waals surface area contributed by atoms with Crippen LogP contribution in [0.15, 0.2) is 10.5 Å². The molecule has 2 rings (SSSR count). The lowest BCUT2D eigenvalue weighted by molar-refractivity contribution is 0.256. The molecular weight excluding hydrogens is 236 g/mol. The first-order chi connectivity index (χ1) is 5.68. The number of aliphatic hydroxyl groups is 1. The zero-order chi connectivity index (χ0) is 8.77. The standard InChI is InChI=1S/C9H11BrOS/c1-6-4-7(10)8(12-6)9(5-11)2-3-9/h4,11H,2-3,5H2,1H3. The summed E-state index contributed by atoms with van der Waals surface area (Å²) in [7, 11) is 0. The molecule has 1 N–H and O–H groups in total. The Morgan fingerprint density at radius 3 is 2.67 bits per heavy atom. The third-order valence-corrected chi connectivity index (χ3v) is 4.63. The van der Waals surface area contributed by atoms with Gasteiger partial charge in [-0.25, -0.2) is 0 Å². The van der Waals surface area contributed by atoms with Crippen molar-refractivity contribution in [2.45, 2.75) is 25.2 Å². The number of thiophene rings is 1. The second-order valence-corrected chi connectivity index (χ2v) is 5.58. The molecular formula is C9H11BrOS. The van der Waals surface area contributed by atoms with Gasteiger partial charge in [-0.1, -0.05) is 0 Å². The van der Waals surface area contributed by atoms with Gasteiger partial charge in [0.2, 0.25) is 0 Å². The molecule has 0 amide bonds. The quantitative estimate of drug-likeness (QED) is 0.852. The molecule has 1 aliphatic rings. The van der Waals surface area contributed by atoms with E-state index in [1.807, 2.05) is 0 Å². The molecule has 1 heterocycles. The molecule has 1 saturated carbocycles. The van der Waals surface area contributed by atoms with Crippen LogP contribution in [-0.2, 0) is 5.41 Å². The van der Waals surface area contributed by atoms with Crippen LogP contribution in [0.2, 0.25) is 0 Å². The van der Waals surface area contributed by atoms with E-state index >= 15 is 0 Å². The van der Waals surface area contributed by atoms with E-state index in [9.17, 15) is 5.11 Å². The minimum atomic E-state index is 0.123. The Morgan fingerprint density at radius 2 is 2.33 bits per heavy atom. The summed E-state index contributed by atoms with van der Waals surface area (Å²) in [5.41, 5.74) is 0.123. The highest BCUT2D eigenvalue weighted by molar-refractivity contribution is 9.10. The predicted octanol–water partition coefficient (Wildman–Crippen LogP) is 2.84. The number of hydrogen-bond donors (Lipinski definition) is 1. The smallest absolute Gasteiger partial charge is 0.0536 e. The van der Waals surface area contributed by atoms with E-state index in [0.717, 1.165) is 12.8 Å². The van der Waals surface area contributed by atoms with Crippen molar-refractivity contribution in [3.8, 4) is 0 Å². The molecule has 0 radical (unpaired) electrons. The van der Waals surface area contributed by atoms with Gasteiger partial charge in [-0.3, -0.25) is 0 Å². The van der Waals surface area contributed by atoms with Crippen molar-refractivity contribution in [3.63, 3.8) is 0 Å². The highest BCUT2D eigenvalue weighted by Gasteiger charge is 2.46. The Labute approximate surface area is 84.6 Å². The molecule has 1 aromatic rings. The first kappa shape index (κ1) is 8.73. The number of hydrogen-bond acceptors (Lipinski definition) is 2. The Bertz CT molecular complexity index is 301. The van der Waals surface area contributed by atoms with E-state index in [2.05, 4.69) is 28.9 Å². The zero-order valence-corrected chi connectivity index (χ0v) is 9.33. The lowest BCUT2D eigenvalue weighted by atomic mass is 10.1. The summed E-state index contributed by atoms with van der Waals surface area (Å²) in [5, 5.41) is 9.23. The fourth-order valence-corrected chi connectivity index (χ4v) is 3.75. The van der Waals surface area contributed by atoms with Crippen LogP contribution in [0, 0.1) is 6.92 Å². The molecule has 0 bridgehead atoms. The van der Waals surface area contributed by atoms with Crippen molar-refractivity contribution >= 4 is 27.3 Å². The van der Waals surface area contributed by atoms with E-state index in [4.69, 9.17) is 0 Å². The van der Waals surface area contributed by atoms with E-state index < -0.39 is 0 Å². The van der Waals surface area contributed by atoms with Gasteiger partial charge in [-0.15, -0.1) is 11.3 Å². The summed E-state index contributed by atoms with van der Waals surface area (Å²) in [4.78, 5) is 2.65. The Kier molecular flexibility index (Phi) is 2.05. The summed E-state index contributed by atoms with van der Waals surface area (Å²) in [6.45, 7) is 2.40. The maximum Gasteiger partial charge on any atom is 0.0536 e. The molecule has 0 atom stereocenters. The van der Waals surface area contributed by atoms with Crippen molar-refractivity contribution in [3.05, 3.63) is 20.3 Å². The number of aliphatic hydroxyl groups excluding tert-OH is 1. The largest absolute Gasteiger partial charge is 0.395 e. The maximum atomic E-state index is 9.23. The first-order valence-corrected chi connectivity index (χ1v) is 5.66. The third-order valence-electron chi connectivity index (χ3n) is 2.45. The average Bonchev–Trinajstić information content (AvgIpc) is 2.74. The lowest BCUT2D eigenvalue weighted by Crippen LogP contribution is -2.09. The Hall–Kier alpha value is 0.140. The van der Waals surface area contributed by atoms with Crippen molar-refractivity contribution in [1.29, 1.82) is 0 Å².